The van der Waals surface area contributed by atoms with Crippen molar-refractivity contribution in [3.8, 4) is 11.5 Å². The number of hydrazine groups is 1. The molecule has 6 atom stereocenters. The molecular weight excluding hydrogens is 494 g/mol. The maximum Gasteiger partial charge on any atom is 0.235 e. The average Bonchev–Trinajstić information content (AvgIpc) is 3.47. The molecule has 2 aliphatic carbocycles. The third-order valence-corrected chi connectivity index (χ3v) is 10.5. The fourth-order valence-electron chi connectivity index (χ4n) is 6.69. The standard InChI is InChI=1S/C26H33N5O5S/c1-4-37(33,34)16-11-22(36-3)24(27-13-16)29-23-17-7-5-14(9-21(17)30-31-23)19-12-26(19)18-10-15(35-2)6-8-20(18)28-25(26)32/h6,8,10-11,13-14,17,19,21,23,30-31H,4-5,7,9,12H2,1-3H3,(H,27,29)(H,28,32)/t14?,17?,19-,21?,23?,26-/m0/s1. The largest absolute Gasteiger partial charge is 0.497 e. The number of aromatic nitrogens is 1. The van der Waals surface area contributed by atoms with Crippen LogP contribution in [0.4, 0.5) is 11.5 Å². The van der Waals surface area contributed by atoms with Crippen LogP contribution in [0.25, 0.3) is 0 Å². The minimum Gasteiger partial charge on any atom is -0.497 e. The molecule has 1 aromatic heterocycles. The molecule has 198 valence electrons. The maximum atomic E-state index is 13.1. The minimum atomic E-state index is -3.37. The molecular formula is C26H33N5O5S. The van der Waals surface area contributed by atoms with Crippen LogP contribution in [0.5, 0.6) is 11.5 Å². The van der Waals surface area contributed by atoms with Crippen molar-refractivity contribution in [1.29, 1.82) is 0 Å². The summed E-state index contributed by atoms with van der Waals surface area (Å²) < 4.78 is 35.4. The van der Waals surface area contributed by atoms with Crippen LogP contribution < -0.4 is 31.0 Å². The highest BCUT2D eigenvalue weighted by Gasteiger charge is 2.67. The number of sulfone groups is 1. The van der Waals surface area contributed by atoms with Gasteiger partial charge in [-0.2, -0.15) is 0 Å². The SMILES string of the molecule is CCS(=O)(=O)c1cnc(NC2NNC3CC([C@@H]4C[C@@]45C(=O)Nc4ccc(OC)cc45)CCC32)c(OC)c1. The quantitative estimate of drug-likeness (QED) is 0.429. The lowest BCUT2D eigenvalue weighted by Crippen LogP contribution is -2.39. The zero-order valence-electron chi connectivity index (χ0n) is 21.2. The highest BCUT2D eigenvalue weighted by Crippen LogP contribution is 2.65. The first-order chi connectivity index (χ1) is 17.8. The van der Waals surface area contributed by atoms with Gasteiger partial charge >= 0.3 is 0 Å². The number of methoxy groups -OCH3 is 2. The van der Waals surface area contributed by atoms with Crippen LogP contribution >= 0.6 is 0 Å². The summed E-state index contributed by atoms with van der Waals surface area (Å²) in [6.45, 7) is 1.61. The fourth-order valence-corrected chi connectivity index (χ4v) is 7.52. The number of nitrogens with zero attached hydrogens (tertiary/aromatic N) is 1. The normalized spacial score (nSPS) is 32.0. The summed E-state index contributed by atoms with van der Waals surface area (Å²) in [6, 6.07) is 7.64. The summed E-state index contributed by atoms with van der Waals surface area (Å²) in [5.74, 6) is 2.90. The van der Waals surface area contributed by atoms with Crippen LogP contribution in [0.3, 0.4) is 0 Å². The number of carbonyl (C=O) groups is 1. The van der Waals surface area contributed by atoms with Gasteiger partial charge < -0.3 is 20.1 Å². The first kappa shape index (κ1) is 24.4. The molecule has 37 heavy (non-hydrogen) atoms. The van der Waals surface area contributed by atoms with Crippen molar-refractivity contribution in [2.45, 2.75) is 55.1 Å². The van der Waals surface area contributed by atoms with E-state index in [2.05, 4.69) is 26.5 Å². The van der Waals surface area contributed by atoms with E-state index in [0.717, 1.165) is 42.7 Å². The number of hydrogen-bond donors (Lipinski definition) is 4. The molecule has 6 rings (SSSR count). The molecule has 1 amide bonds. The lowest BCUT2D eigenvalue weighted by molar-refractivity contribution is -0.118. The minimum absolute atomic E-state index is 0.00665. The molecule has 4 N–H and O–H groups in total. The van der Waals surface area contributed by atoms with E-state index in [1.54, 1.807) is 14.0 Å². The monoisotopic (exact) mass is 527 g/mol. The summed E-state index contributed by atoms with van der Waals surface area (Å²) >= 11 is 0. The molecule has 2 saturated carbocycles. The second-order valence-electron chi connectivity index (χ2n) is 10.5. The van der Waals surface area contributed by atoms with E-state index >= 15 is 0 Å². The third kappa shape index (κ3) is 3.86. The Morgan fingerprint density at radius 3 is 2.76 bits per heavy atom. The average molecular weight is 528 g/mol. The Bertz CT molecular complexity index is 1350. The van der Waals surface area contributed by atoms with E-state index in [4.69, 9.17) is 9.47 Å². The number of anilines is 2. The highest BCUT2D eigenvalue weighted by molar-refractivity contribution is 7.91. The second kappa shape index (κ2) is 8.85. The molecule has 1 spiro atoms. The molecule has 2 aromatic rings. The van der Waals surface area contributed by atoms with Gasteiger partial charge in [0, 0.05) is 29.9 Å². The van der Waals surface area contributed by atoms with Crippen LogP contribution in [0.15, 0.2) is 35.4 Å². The van der Waals surface area contributed by atoms with Crippen molar-refractivity contribution in [3.05, 3.63) is 36.0 Å². The molecule has 10 nitrogen and oxygen atoms in total. The van der Waals surface area contributed by atoms with Crippen molar-refractivity contribution in [3.63, 3.8) is 0 Å². The topological polar surface area (TPSA) is 131 Å². The Hall–Kier alpha value is -2.89. The van der Waals surface area contributed by atoms with Crippen molar-refractivity contribution in [1.82, 2.24) is 15.8 Å². The third-order valence-electron chi connectivity index (χ3n) is 8.82. The molecule has 4 aliphatic rings. The predicted molar refractivity (Wildman–Crippen MR) is 138 cm³/mol. The van der Waals surface area contributed by atoms with E-state index in [0.29, 0.717) is 29.3 Å². The van der Waals surface area contributed by atoms with Crippen molar-refractivity contribution in [2.75, 3.05) is 30.6 Å². The predicted octanol–water partition coefficient (Wildman–Crippen LogP) is 2.43. The summed E-state index contributed by atoms with van der Waals surface area (Å²) in [5, 5.41) is 6.50. The number of hydrogen-bond acceptors (Lipinski definition) is 9. The molecule has 1 saturated heterocycles. The zero-order valence-corrected chi connectivity index (χ0v) is 22.0. The van der Waals surface area contributed by atoms with Crippen molar-refractivity contribution in [2.24, 2.45) is 17.8 Å². The van der Waals surface area contributed by atoms with Crippen LogP contribution in [0.2, 0.25) is 0 Å². The molecule has 3 fully saturated rings. The van der Waals surface area contributed by atoms with E-state index in [9.17, 15) is 13.2 Å². The molecule has 3 heterocycles. The maximum absolute atomic E-state index is 13.1. The van der Waals surface area contributed by atoms with Gasteiger partial charge in [-0.15, -0.1) is 0 Å². The highest BCUT2D eigenvalue weighted by atomic mass is 32.2. The van der Waals surface area contributed by atoms with E-state index in [1.807, 2.05) is 18.2 Å². The smallest absolute Gasteiger partial charge is 0.235 e. The van der Waals surface area contributed by atoms with Gasteiger partial charge in [0.1, 0.15) is 5.75 Å². The molecule has 2 aliphatic heterocycles. The molecule has 11 heteroatoms. The Kier molecular flexibility index (Phi) is 5.85. The lowest BCUT2D eigenvalue weighted by Gasteiger charge is -2.34. The molecule has 1 aromatic carbocycles. The fraction of sp³-hybridized carbons (Fsp3) is 0.538. The Morgan fingerprint density at radius 2 is 2.00 bits per heavy atom. The van der Waals surface area contributed by atoms with E-state index in [-0.39, 0.29) is 28.8 Å². The Labute approximate surface area is 216 Å². The Balaban J connectivity index is 1.14. The Morgan fingerprint density at radius 1 is 1.16 bits per heavy atom. The number of nitrogens with one attached hydrogen (secondary N) is 4. The number of pyridine rings is 1. The summed E-state index contributed by atoms with van der Waals surface area (Å²) in [4.78, 5) is 17.6. The van der Waals surface area contributed by atoms with E-state index < -0.39 is 15.3 Å². The van der Waals surface area contributed by atoms with Gasteiger partial charge in [0.25, 0.3) is 0 Å². The second-order valence-corrected chi connectivity index (χ2v) is 12.8. The zero-order chi connectivity index (χ0) is 25.9. The number of carbonyl (C=O) groups excluding carboxylic acids is 1. The van der Waals surface area contributed by atoms with Gasteiger partial charge in [-0.25, -0.2) is 18.8 Å². The van der Waals surface area contributed by atoms with E-state index in [1.165, 1.54) is 19.4 Å². The first-order valence-electron chi connectivity index (χ1n) is 12.8. The molecule has 4 unspecified atom stereocenters. The van der Waals surface area contributed by atoms with Gasteiger partial charge in [0.05, 0.1) is 36.4 Å². The van der Waals surface area contributed by atoms with Gasteiger partial charge in [0.15, 0.2) is 21.4 Å². The number of rotatable bonds is 7. The van der Waals surface area contributed by atoms with Gasteiger partial charge in [-0.3, -0.25) is 10.2 Å². The van der Waals surface area contributed by atoms with Crippen LogP contribution in [0.1, 0.15) is 38.2 Å². The summed E-state index contributed by atoms with van der Waals surface area (Å²) in [7, 11) is -0.208. The number of amides is 1. The van der Waals surface area contributed by atoms with Crippen molar-refractivity contribution >= 4 is 27.2 Å². The number of benzene rings is 1. The molecule has 0 bridgehead atoms. The van der Waals surface area contributed by atoms with Gasteiger partial charge in [0.2, 0.25) is 5.91 Å². The number of fused-ring (bicyclic) bond motifs is 3. The van der Waals surface area contributed by atoms with Crippen LogP contribution in [0, 0.1) is 17.8 Å². The molecule has 0 radical (unpaired) electrons. The summed E-state index contributed by atoms with van der Waals surface area (Å²) in [5.41, 5.74) is 8.38. The number of ether oxygens (including phenoxy) is 2. The van der Waals surface area contributed by atoms with Gasteiger partial charge in [-0.1, -0.05) is 6.92 Å². The van der Waals surface area contributed by atoms with Crippen molar-refractivity contribution < 1.29 is 22.7 Å². The summed E-state index contributed by atoms with van der Waals surface area (Å²) in [6.07, 6.45) is 5.20. The van der Waals surface area contributed by atoms with Crippen LogP contribution in [-0.2, 0) is 20.0 Å². The lowest BCUT2D eigenvalue weighted by atomic mass is 9.74. The first-order valence-corrected chi connectivity index (χ1v) is 14.5. The van der Waals surface area contributed by atoms with Gasteiger partial charge in [-0.05, 0) is 61.3 Å². The van der Waals surface area contributed by atoms with Crippen LogP contribution in [-0.4, -0.2) is 51.5 Å².